The van der Waals surface area contributed by atoms with Crippen molar-refractivity contribution in [3.05, 3.63) is 107 Å². The molecule has 2 atom stereocenters. The predicted molar refractivity (Wildman–Crippen MR) is 170 cm³/mol. The number of halogens is 1. The second-order valence-corrected chi connectivity index (χ2v) is 11.8. The van der Waals surface area contributed by atoms with Crippen molar-refractivity contribution in [2.45, 2.75) is 49.8 Å². The predicted octanol–water partition coefficient (Wildman–Crippen LogP) is 4.35. The van der Waals surface area contributed by atoms with Crippen LogP contribution in [-0.2, 0) is 12.0 Å². The maximum Gasteiger partial charge on any atom is 0.251 e. The standard InChI is InChI=1S/C36H35FN4O5/c1-2-23-6-5-7-28(14-23)36(8-9-36)40-22-32(42)31-17-24-15-29(37)21-30(16-24)45-12-4-3-10-38-33(43)25-18-26(34(44)41-31)20-27(19-25)35-39-11-13-46-35/h1,5-7,11,13-16,18-21,31-32,40,42H,3-4,8-10,12,17,22H2,(H,38,43)(H,41,44). The van der Waals surface area contributed by atoms with Crippen molar-refractivity contribution < 1.29 is 28.2 Å². The summed E-state index contributed by atoms with van der Waals surface area (Å²) in [6.07, 6.45) is 10.6. The molecule has 6 rings (SSSR count). The molecule has 46 heavy (non-hydrogen) atoms. The lowest BCUT2D eigenvalue weighted by Crippen LogP contribution is -2.50. The van der Waals surface area contributed by atoms with E-state index in [-0.39, 0.29) is 41.4 Å². The Morgan fingerprint density at radius 3 is 2.63 bits per heavy atom. The Morgan fingerprint density at radius 1 is 1.07 bits per heavy atom. The highest BCUT2D eigenvalue weighted by Crippen LogP contribution is 2.45. The maximum atomic E-state index is 14.7. The first kappa shape index (κ1) is 31.0. The zero-order chi connectivity index (χ0) is 32.1. The smallest absolute Gasteiger partial charge is 0.251 e. The monoisotopic (exact) mass is 622 g/mol. The van der Waals surface area contributed by atoms with Gasteiger partial charge in [0.1, 0.15) is 17.8 Å². The van der Waals surface area contributed by atoms with Crippen LogP contribution < -0.4 is 20.7 Å². The van der Waals surface area contributed by atoms with Gasteiger partial charge in [-0.25, -0.2) is 9.37 Å². The number of benzene rings is 3. The van der Waals surface area contributed by atoms with Crippen LogP contribution in [0.1, 0.15) is 63.1 Å². The van der Waals surface area contributed by atoms with Gasteiger partial charge in [-0.3, -0.25) is 9.59 Å². The van der Waals surface area contributed by atoms with E-state index in [1.165, 1.54) is 30.7 Å². The third-order valence-corrected chi connectivity index (χ3v) is 8.41. The van der Waals surface area contributed by atoms with E-state index in [1.807, 2.05) is 24.3 Å². The molecule has 4 bridgehead atoms. The molecule has 2 amide bonds. The number of nitrogens with zero attached hydrogens (tertiary/aromatic N) is 1. The second-order valence-electron chi connectivity index (χ2n) is 11.8. The number of oxazole rings is 1. The van der Waals surface area contributed by atoms with Crippen molar-refractivity contribution in [1.29, 1.82) is 0 Å². The summed E-state index contributed by atoms with van der Waals surface area (Å²) in [4.78, 5) is 31.1. The quantitative estimate of drug-likeness (QED) is 0.236. The van der Waals surface area contributed by atoms with E-state index in [4.69, 9.17) is 15.6 Å². The summed E-state index contributed by atoms with van der Waals surface area (Å²) in [6.45, 7) is 0.864. The lowest BCUT2D eigenvalue weighted by molar-refractivity contribution is 0.0822. The largest absolute Gasteiger partial charge is 0.493 e. The number of amides is 2. The van der Waals surface area contributed by atoms with Gasteiger partial charge in [-0.05, 0) is 85.7 Å². The second kappa shape index (κ2) is 13.6. The summed E-state index contributed by atoms with van der Waals surface area (Å²) < 4.78 is 26.0. The zero-order valence-corrected chi connectivity index (χ0v) is 25.2. The zero-order valence-electron chi connectivity index (χ0n) is 25.2. The molecule has 9 nitrogen and oxygen atoms in total. The first-order chi connectivity index (χ1) is 22.3. The van der Waals surface area contributed by atoms with Crippen LogP contribution in [0.3, 0.4) is 0 Å². The summed E-state index contributed by atoms with van der Waals surface area (Å²) in [5.41, 5.74) is 2.93. The summed E-state index contributed by atoms with van der Waals surface area (Å²) in [5, 5.41) is 20.9. The van der Waals surface area contributed by atoms with E-state index in [0.29, 0.717) is 42.9 Å². The van der Waals surface area contributed by atoms with Gasteiger partial charge in [-0.15, -0.1) is 6.42 Å². The van der Waals surface area contributed by atoms with Crippen molar-refractivity contribution in [3.8, 4) is 29.5 Å². The molecule has 0 saturated heterocycles. The minimum Gasteiger partial charge on any atom is -0.493 e. The Bertz CT molecular complexity index is 1760. The SMILES string of the molecule is C#Cc1cccc(C2(NCC(O)C3Cc4cc(F)cc(c4)OCCCCNC(=O)c4cc(cc(-c5ncco5)c4)C(=O)N3)CC2)c1. The van der Waals surface area contributed by atoms with Crippen LogP contribution >= 0.6 is 0 Å². The average Bonchev–Trinajstić information content (AvgIpc) is 3.65. The molecule has 0 spiro atoms. The molecule has 1 aliphatic carbocycles. The third kappa shape index (κ3) is 7.28. The van der Waals surface area contributed by atoms with Gasteiger partial charge in [-0.1, -0.05) is 18.1 Å². The third-order valence-electron chi connectivity index (χ3n) is 8.41. The fourth-order valence-corrected chi connectivity index (χ4v) is 5.75. The van der Waals surface area contributed by atoms with Crippen molar-refractivity contribution in [2.24, 2.45) is 0 Å². The van der Waals surface area contributed by atoms with Crippen molar-refractivity contribution in [1.82, 2.24) is 20.9 Å². The summed E-state index contributed by atoms with van der Waals surface area (Å²) in [5.74, 6) is 1.92. The number of ether oxygens (including phenoxy) is 1. The average molecular weight is 623 g/mol. The molecule has 10 heteroatoms. The number of aliphatic hydroxyl groups is 1. The number of aromatic nitrogens is 1. The topological polar surface area (TPSA) is 126 Å². The van der Waals surface area contributed by atoms with Gasteiger partial charge in [0, 0.05) is 46.9 Å². The molecule has 1 fully saturated rings. The molecular weight excluding hydrogens is 587 g/mol. The molecule has 2 heterocycles. The molecule has 1 aliphatic heterocycles. The molecule has 236 valence electrons. The lowest BCUT2D eigenvalue weighted by Gasteiger charge is -2.27. The molecular formula is C36H35FN4O5. The molecule has 1 aromatic heterocycles. The van der Waals surface area contributed by atoms with E-state index in [1.54, 1.807) is 18.2 Å². The molecule has 2 unspecified atom stereocenters. The summed E-state index contributed by atoms with van der Waals surface area (Å²) in [6, 6.07) is 16.0. The van der Waals surface area contributed by atoms with Crippen LogP contribution in [0.25, 0.3) is 11.5 Å². The molecule has 3 aromatic carbocycles. The number of rotatable bonds is 6. The van der Waals surface area contributed by atoms with Gasteiger partial charge < -0.3 is 30.2 Å². The van der Waals surface area contributed by atoms with Gasteiger partial charge in [0.15, 0.2) is 0 Å². The normalized spacial score (nSPS) is 18.7. The Kier molecular flexibility index (Phi) is 9.15. The fourth-order valence-electron chi connectivity index (χ4n) is 5.75. The summed E-state index contributed by atoms with van der Waals surface area (Å²) in [7, 11) is 0. The van der Waals surface area contributed by atoms with Crippen LogP contribution in [0.5, 0.6) is 5.75 Å². The van der Waals surface area contributed by atoms with Crippen LogP contribution in [0.15, 0.2) is 77.5 Å². The van der Waals surface area contributed by atoms with Gasteiger partial charge in [0.2, 0.25) is 5.89 Å². The number of hydrogen-bond acceptors (Lipinski definition) is 7. The molecule has 4 aromatic rings. The van der Waals surface area contributed by atoms with Gasteiger partial charge in [0.05, 0.1) is 24.9 Å². The van der Waals surface area contributed by atoms with E-state index in [0.717, 1.165) is 24.0 Å². The number of carbonyl (C=O) groups is 2. The number of carbonyl (C=O) groups excluding carboxylic acids is 2. The van der Waals surface area contributed by atoms with Crippen LogP contribution in [0, 0.1) is 18.2 Å². The number of fused-ring (bicyclic) bond motifs is 4. The van der Waals surface area contributed by atoms with Gasteiger partial charge in [-0.2, -0.15) is 0 Å². The summed E-state index contributed by atoms with van der Waals surface area (Å²) >= 11 is 0. The van der Waals surface area contributed by atoms with Crippen LogP contribution in [-0.4, -0.2) is 53.7 Å². The Balaban J connectivity index is 1.30. The molecule has 1 saturated carbocycles. The number of aliphatic hydroxyl groups excluding tert-OH is 1. The lowest BCUT2D eigenvalue weighted by atomic mass is 9.98. The first-order valence-corrected chi connectivity index (χ1v) is 15.4. The van der Waals surface area contributed by atoms with E-state index >= 15 is 0 Å². The first-order valence-electron chi connectivity index (χ1n) is 15.4. The minimum atomic E-state index is -1.07. The highest BCUT2D eigenvalue weighted by atomic mass is 19.1. The molecule has 2 aliphatic rings. The van der Waals surface area contributed by atoms with E-state index < -0.39 is 23.9 Å². The van der Waals surface area contributed by atoms with Gasteiger partial charge >= 0.3 is 0 Å². The highest BCUT2D eigenvalue weighted by Gasteiger charge is 2.44. The number of hydrogen-bond donors (Lipinski definition) is 4. The van der Waals surface area contributed by atoms with E-state index in [9.17, 15) is 19.1 Å². The van der Waals surface area contributed by atoms with E-state index in [2.05, 4.69) is 26.9 Å². The Hall–Kier alpha value is -4.98. The molecule has 4 N–H and O–H groups in total. The van der Waals surface area contributed by atoms with Crippen LogP contribution in [0.4, 0.5) is 4.39 Å². The van der Waals surface area contributed by atoms with Crippen molar-refractivity contribution in [2.75, 3.05) is 19.7 Å². The Labute approximate surface area is 266 Å². The highest BCUT2D eigenvalue weighted by molar-refractivity contribution is 6.01. The molecule has 0 radical (unpaired) electrons. The fraction of sp³-hybridized carbons (Fsp3) is 0.306. The van der Waals surface area contributed by atoms with Crippen molar-refractivity contribution >= 4 is 11.8 Å². The van der Waals surface area contributed by atoms with Crippen LogP contribution in [0.2, 0.25) is 0 Å². The number of nitrogens with one attached hydrogen (secondary N) is 3. The van der Waals surface area contributed by atoms with Crippen molar-refractivity contribution in [3.63, 3.8) is 0 Å². The minimum absolute atomic E-state index is 0.120. The van der Waals surface area contributed by atoms with Gasteiger partial charge in [0.25, 0.3) is 11.8 Å². The maximum absolute atomic E-state index is 14.7. The number of terminal acetylenes is 1. The Morgan fingerprint density at radius 2 is 1.87 bits per heavy atom.